The van der Waals surface area contributed by atoms with Crippen molar-refractivity contribution in [3.63, 3.8) is 0 Å². The summed E-state index contributed by atoms with van der Waals surface area (Å²) in [7, 11) is 0. The van der Waals surface area contributed by atoms with Crippen molar-refractivity contribution >= 4 is 41.3 Å². The van der Waals surface area contributed by atoms with E-state index in [4.69, 9.17) is 0 Å². The van der Waals surface area contributed by atoms with Gasteiger partial charge in [-0.3, -0.25) is 0 Å². The normalized spacial score (nSPS) is 11.1. The zero-order valence-electron chi connectivity index (χ0n) is 14.3. The van der Waals surface area contributed by atoms with Gasteiger partial charge >= 0.3 is 0 Å². The molecule has 0 aliphatic rings. The summed E-state index contributed by atoms with van der Waals surface area (Å²) in [6, 6.07) is 3.50. The summed E-state index contributed by atoms with van der Waals surface area (Å²) in [4.78, 5) is 8.95. The lowest BCUT2D eigenvalue weighted by molar-refractivity contribution is 0.583. The van der Waals surface area contributed by atoms with E-state index in [1.165, 1.54) is 6.07 Å². The first kappa shape index (κ1) is 21.8. The van der Waals surface area contributed by atoms with Crippen molar-refractivity contribution in [2.75, 3.05) is 13.1 Å². The van der Waals surface area contributed by atoms with Crippen LogP contribution in [0.5, 0.6) is 0 Å². The molecule has 0 bridgehead atoms. The fourth-order valence-corrected chi connectivity index (χ4v) is 2.87. The Morgan fingerprint density at radius 1 is 1.24 bits per heavy atom. The summed E-state index contributed by atoms with van der Waals surface area (Å²) in [5.41, 5.74) is 1.29. The average Bonchev–Trinajstić information content (AvgIpc) is 3.04. The van der Waals surface area contributed by atoms with Crippen LogP contribution in [0.3, 0.4) is 0 Å². The van der Waals surface area contributed by atoms with E-state index in [0.29, 0.717) is 31.0 Å². The molecule has 0 aliphatic heterocycles. The van der Waals surface area contributed by atoms with Crippen molar-refractivity contribution in [1.29, 1.82) is 0 Å². The molecule has 1 heterocycles. The van der Waals surface area contributed by atoms with Crippen LogP contribution in [-0.2, 0) is 19.4 Å². The van der Waals surface area contributed by atoms with E-state index in [1.807, 2.05) is 12.3 Å². The molecule has 2 aromatic rings. The molecule has 0 fully saturated rings. The van der Waals surface area contributed by atoms with E-state index in [0.717, 1.165) is 35.8 Å². The topological polar surface area (TPSA) is 49.3 Å². The molecule has 0 atom stereocenters. The number of thiazole rings is 1. The fourth-order valence-electron chi connectivity index (χ4n) is 2.14. The number of halogens is 3. The Kier molecular flexibility index (Phi) is 9.88. The van der Waals surface area contributed by atoms with Gasteiger partial charge in [-0.25, -0.2) is 18.8 Å². The van der Waals surface area contributed by atoms with Crippen LogP contribution in [0.15, 0.2) is 28.6 Å². The van der Waals surface area contributed by atoms with Crippen LogP contribution in [0, 0.1) is 11.6 Å². The molecule has 138 valence electrons. The number of guanidine groups is 1. The monoisotopic (exact) mass is 480 g/mol. The molecule has 1 aromatic carbocycles. The molecule has 0 aliphatic carbocycles. The molecule has 0 radical (unpaired) electrons. The Labute approximate surface area is 168 Å². The molecule has 4 nitrogen and oxygen atoms in total. The number of hydrogen-bond donors (Lipinski definition) is 2. The van der Waals surface area contributed by atoms with Crippen LogP contribution in [0.2, 0.25) is 0 Å². The van der Waals surface area contributed by atoms with Gasteiger partial charge in [0.05, 0.1) is 17.2 Å². The van der Waals surface area contributed by atoms with Crippen LogP contribution >= 0.6 is 35.3 Å². The standard InChI is InChI=1S/C17H22F2N4S.HI/c1-3-16-23-14(11-24-16)10-22-17(20-4-2)21-8-7-12-9-13(18)5-6-15(12)19;/h5-6,9,11H,3-4,7-8,10H2,1-2H3,(H2,20,21,22);1H. The maximum absolute atomic E-state index is 13.6. The molecule has 2 N–H and O–H groups in total. The number of aryl methyl sites for hydroxylation is 1. The molecule has 0 unspecified atom stereocenters. The number of benzene rings is 1. The van der Waals surface area contributed by atoms with Gasteiger partial charge in [0, 0.05) is 18.5 Å². The highest BCUT2D eigenvalue weighted by molar-refractivity contribution is 14.0. The zero-order valence-corrected chi connectivity index (χ0v) is 17.5. The van der Waals surface area contributed by atoms with Gasteiger partial charge in [0.1, 0.15) is 11.6 Å². The number of nitrogens with zero attached hydrogens (tertiary/aromatic N) is 2. The van der Waals surface area contributed by atoms with E-state index < -0.39 is 11.6 Å². The molecular weight excluding hydrogens is 457 g/mol. The second-order valence-corrected chi connectivity index (χ2v) is 6.14. The summed E-state index contributed by atoms with van der Waals surface area (Å²) >= 11 is 1.63. The molecular formula is C17H23F2IN4S. The minimum Gasteiger partial charge on any atom is -0.357 e. The van der Waals surface area contributed by atoms with E-state index >= 15 is 0 Å². The van der Waals surface area contributed by atoms with E-state index in [-0.39, 0.29) is 24.0 Å². The Morgan fingerprint density at radius 2 is 2.04 bits per heavy atom. The number of aromatic nitrogens is 1. The predicted molar refractivity (Wildman–Crippen MR) is 110 cm³/mol. The summed E-state index contributed by atoms with van der Waals surface area (Å²) in [5.74, 6) is -0.183. The first-order valence-corrected chi connectivity index (χ1v) is 8.89. The second-order valence-electron chi connectivity index (χ2n) is 5.19. The second kappa shape index (κ2) is 11.3. The molecule has 0 saturated carbocycles. The zero-order chi connectivity index (χ0) is 17.4. The van der Waals surface area contributed by atoms with Crippen molar-refractivity contribution in [3.8, 4) is 0 Å². The maximum atomic E-state index is 13.6. The molecule has 0 spiro atoms. The summed E-state index contributed by atoms with van der Waals surface area (Å²) < 4.78 is 26.8. The van der Waals surface area contributed by atoms with Crippen LogP contribution in [0.4, 0.5) is 8.78 Å². The summed E-state index contributed by atoms with van der Waals surface area (Å²) in [6.07, 6.45) is 1.30. The number of hydrogen-bond acceptors (Lipinski definition) is 3. The minimum atomic E-state index is -0.428. The average molecular weight is 480 g/mol. The highest BCUT2D eigenvalue weighted by Gasteiger charge is 2.05. The van der Waals surface area contributed by atoms with Crippen molar-refractivity contribution < 1.29 is 8.78 Å². The minimum absolute atomic E-state index is 0. The number of rotatable bonds is 7. The lowest BCUT2D eigenvalue weighted by Crippen LogP contribution is -2.38. The molecule has 1 aromatic heterocycles. The third-order valence-corrected chi connectivity index (χ3v) is 4.38. The Morgan fingerprint density at radius 3 is 2.72 bits per heavy atom. The Bertz CT molecular complexity index is 691. The highest BCUT2D eigenvalue weighted by Crippen LogP contribution is 2.11. The fraction of sp³-hybridized carbons (Fsp3) is 0.412. The molecule has 0 saturated heterocycles. The number of aliphatic imine (C=N–C) groups is 1. The van der Waals surface area contributed by atoms with Gasteiger partial charge in [-0.1, -0.05) is 6.92 Å². The lowest BCUT2D eigenvalue weighted by Gasteiger charge is -2.11. The van der Waals surface area contributed by atoms with Crippen LogP contribution < -0.4 is 10.6 Å². The van der Waals surface area contributed by atoms with Gasteiger partial charge in [0.2, 0.25) is 0 Å². The third-order valence-electron chi connectivity index (χ3n) is 3.34. The quantitative estimate of drug-likeness (QED) is 0.359. The maximum Gasteiger partial charge on any atom is 0.191 e. The van der Waals surface area contributed by atoms with Gasteiger partial charge < -0.3 is 10.6 Å². The van der Waals surface area contributed by atoms with Crippen LogP contribution in [0.1, 0.15) is 30.1 Å². The van der Waals surface area contributed by atoms with Gasteiger partial charge in [-0.05, 0) is 43.5 Å². The van der Waals surface area contributed by atoms with E-state index in [2.05, 4.69) is 27.5 Å². The van der Waals surface area contributed by atoms with Gasteiger partial charge in [-0.15, -0.1) is 35.3 Å². The van der Waals surface area contributed by atoms with Crippen LogP contribution in [-0.4, -0.2) is 24.0 Å². The molecule has 8 heteroatoms. The summed E-state index contributed by atoms with van der Waals surface area (Å²) in [6.45, 7) is 5.71. The number of nitrogens with one attached hydrogen (secondary N) is 2. The molecule has 25 heavy (non-hydrogen) atoms. The summed E-state index contributed by atoms with van der Waals surface area (Å²) in [5, 5.41) is 9.37. The largest absolute Gasteiger partial charge is 0.357 e. The smallest absolute Gasteiger partial charge is 0.191 e. The Hall–Kier alpha value is -1.29. The SMILES string of the molecule is CCNC(=NCc1csc(CC)n1)NCCc1cc(F)ccc1F.I. The molecule has 2 rings (SSSR count). The van der Waals surface area contributed by atoms with Gasteiger partial charge in [0.15, 0.2) is 5.96 Å². The van der Waals surface area contributed by atoms with Crippen molar-refractivity contribution in [1.82, 2.24) is 15.6 Å². The first-order valence-electron chi connectivity index (χ1n) is 8.01. The van der Waals surface area contributed by atoms with Crippen molar-refractivity contribution in [2.24, 2.45) is 4.99 Å². The van der Waals surface area contributed by atoms with Crippen molar-refractivity contribution in [3.05, 3.63) is 51.5 Å². The third kappa shape index (κ3) is 7.23. The highest BCUT2D eigenvalue weighted by atomic mass is 127. The first-order chi connectivity index (χ1) is 11.6. The predicted octanol–water partition coefficient (Wildman–Crippen LogP) is 3.90. The molecule has 0 amide bonds. The lowest BCUT2D eigenvalue weighted by atomic mass is 10.1. The van der Waals surface area contributed by atoms with Gasteiger partial charge in [0.25, 0.3) is 0 Å². The van der Waals surface area contributed by atoms with Crippen molar-refractivity contribution in [2.45, 2.75) is 33.2 Å². The van der Waals surface area contributed by atoms with E-state index in [9.17, 15) is 8.78 Å². The van der Waals surface area contributed by atoms with Gasteiger partial charge in [-0.2, -0.15) is 0 Å². The van der Waals surface area contributed by atoms with Crippen LogP contribution in [0.25, 0.3) is 0 Å². The van der Waals surface area contributed by atoms with E-state index in [1.54, 1.807) is 11.3 Å². The Balaban J connectivity index is 0.00000312.